The van der Waals surface area contributed by atoms with Gasteiger partial charge < -0.3 is 18.9 Å². The molecule has 0 aliphatic carbocycles. The van der Waals surface area contributed by atoms with Crippen LogP contribution in [0.15, 0.2) is 310 Å². The van der Waals surface area contributed by atoms with Crippen molar-refractivity contribution in [2.24, 2.45) is 6.98 Å². The number of imidazole rings is 2. The molecule has 0 aliphatic rings. The smallest absolute Gasteiger partial charge is 0.188 e. The van der Waals surface area contributed by atoms with Gasteiger partial charge in [0.25, 0.3) is 0 Å². The van der Waals surface area contributed by atoms with Crippen LogP contribution >= 0.6 is 0 Å². The van der Waals surface area contributed by atoms with Crippen molar-refractivity contribution in [2.75, 3.05) is 9.80 Å². The van der Waals surface area contributed by atoms with Crippen molar-refractivity contribution in [1.82, 2.24) is 37.4 Å². The molecule has 0 N–H and O–H groups in total. The minimum absolute atomic E-state index is 0. The van der Waals surface area contributed by atoms with Crippen LogP contribution in [0, 0.1) is 52.0 Å². The van der Waals surface area contributed by atoms with Gasteiger partial charge in [-0.05, 0) is 190 Å². The van der Waals surface area contributed by atoms with Gasteiger partial charge in [-0.15, -0.1) is 59.3 Å². The predicted octanol–water partition coefficient (Wildman–Crippen LogP) is 28.1. The molecule has 0 unspecified atom stereocenters. The van der Waals surface area contributed by atoms with Crippen molar-refractivity contribution in [2.45, 2.75) is 107 Å². The third-order valence-electron chi connectivity index (χ3n) is 23.0. The van der Waals surface area contributed by atoms with E-state index in [1.165, 1.54) is 54.6 Å². The number of aromatic nitrogens is 8. The van der Waals surface area contributed by atoms with Gasteiger partial charge in [0.2, 0.25) is 0 Å². The van der Waals surface area contributed by atoms with Crippen LogP contribution in [0.1, 0.15) is 128 Å². The Balaban J connectivity index is 0.000000178. The minimum Gasteiger partial charge on any atom is -0.357 e. The first-order valence-electron chi connectivity index (χ1n) is 42.1. The Morgan fingerprint density at radius 1 is 0.328 bits per heavy atom. The summed E-state index contributed by atoms with van der Waals surface area (Å²) >= 11 is 0. The first kappa shape index (κ1) is 76.6. The zero-order valence-electron chi connectivity index (χ0n) is 71.9. The monoisotopic (exact) mass is 1910 g/mol. The molecule has 0 spiro atoms. The number of benzene rings is 13. The molecule has 0 saturated carbocycles. The molecular weight excluding hydrogens is 1820 g/mol. The Bertz CT molecular complexity index is 7050. The maximum absolute atomic E-state index is 8.26. The van der Waals surface area contributed by atoms with E-state index in [1.54, 1.807) is 6.33 Å². The van der Waals surface area contributed by atoms with Crippen LogP contribution in [0.25, 0.3) is 117 Å². The second kappa shape index (κ2) is 33.6. The average molecular weight is 1910 g/mol. The molecule has 10 nitrogen and oxygen atoms in total. The van der Waals surface area contributed by atoms with E-state index in [2.05, 4.69) is 390 Å². The average Bonchev–Trinajstić information content (AvgIpc) is 1.58. The molecule has 12 heteroatoms. The number of hydrogen-bond donors (Lipinski definition) is 0. The summed E-state index contributed by atoms with van der Waals surface area (Å²) in [6.07, 6.45) is 7.71. The molecule has 0 aliphatic heterocycles. The summed E-state index contributed by atoms with van der Waals surface area (Å²) in [5, 5.41) is 4.49. The van der Waals surface area contributed by atoms with E-state index >= 15 is 0 Å². The van der Waals surface area contributed by atoms with Crippen molar-refractivity contribution >= 4 is 99.8 Å². The van der Waals surface area contributed by atoms with Crippen molar-refractivity contribution in [3.8, 4) is 51.0 Å². The molecule has 0 atom stereocenters. The molecule has 0 fully saturated rings. The van der Waals surface area contributed by atoms with Crippen molar-refractivity contribution in [3.05, 3.63) is 379 Å². The molecule has 0 radical (unpaired) electrons. The SMILES string of the molecule is Cc1cccc(C)c1N(c1[c-]c(-n2[cH+]n(-c3ccccc3)c3ccccc32)ccc1)c1[c-]c2c(cc1)c1ccccc1n2-c1cc(-c2c(C(C)C)cccc2C(C)C)ccn1.[2H]C([2H])([2H])n1[cH+]n(-c2[c-]c(N(c3[c-]c4c(cc3)c3ccccc3n4-c3cc(-c4c(C(C)C)cccc4C(C)C)ccn3)c3c(C)cccc3C)ccc2)c2ccccc21.[Pt].[Pt]. The van der Waals surface area contributed by atoms with Crippen LogP contribution < -0.4 is 9.80 Å². The van der Waals surface area contributed by atoms with Gasteiger partial charge in [-0.25, -0.2) is 23.7 Å². The van der Waals surface area contributed by atoms with Crippen molar-refractivity contribution in [3.63, 3.8) is 0 Å². The molecule has 6 heterocycles. The summed E-state index contributed by atoms with van der Waals surface area (Å²) in [5.74, 6) is 3.15. The van der Waals surface area contributed by atoms with E-state index in [4.69, 9.17) is 14.1 Å². The van der Waals surface area contributed by atoms with Crippen molar-refractivity contribution in [1.29, 1.82) is 0 Å². The predicted molar refractivity (Wildman–Crippen MR) is 489 cm³/mol. The van der Waals surface area contributed by atoms with Gasteiger partial charge in [0.1, 0.15) is 17.3 Å². The maximum atomic E-state index is 8.26. The maximum Gasteiger partial charge on any atom is 0.188 e. The Morgan fingerprint density at radius 3 is 1.10 bits per heavy atom. The molecule has 6 aromatic heterocycles. The number of hydrogen-bond acceptors (Lipinski definition) is 4. The van der Waals surface area contributed by atoms with Crippen LogP contribution in [0.4, 0.5) is 34.1 Å². The largest absolute Gasteiger partial charge is 0.357 e. The number of anilines is 6. The van der Waals surface area contributed by atoms with E-state index in [0.29, 0.717) is 29.2 Å². The van der Waals surface area contributed by atoms with Gasteiger partial charge in [0.15, 0.2) is 34.7 Å². The third kappa shape index (κ3) is 14.7. The fraction of sp³-hybridized carbons (Fsp3) is 0.159. The summed E-state index contributed by atoms with van der Waals surface area (Å²) in [6, 6.07) is 116. The number of aryl methyl sites for hydroxylation is 5. The minimum atomic E-state index is -2.35. The van der Waals surface area contributed by atoms with Gasteiger partial charge >= 0.3 is 0 Å². The summed E-state index contributed by atoms with van der Waals surface area (Å²) < 4.78 is 37.0. The summed E-state index contributed by atoms with van der Waals surface area (Å²) in [7, 11) is 0. The van der Waals surface area contributed by atoms with E-state index in [0.717, 1.165) is 140 Å². The van der Waals surface area contributed by atoms with E-state index in [-0.39, 0.29) is 42.1 Å². The fourth-order valence-corrected chi connectivity index (χ4v) is 17.6. The number of pyridine rings is 2. The molecule has 19 rings (SSSR count). The zero-order valence-corrected chi connectivity index (χ0v) is 73.4. The van der Waals surface area contributed by atoms with Crippen LogP contribution in [-0.4, -0.2) is 37.4 Å². The van der Waals surface area contributed by atoms with E-state index in [9.17, 15) is 0 Å². The Labute approximate surface area is 731 Å². The zero-order chi connectivity index (χ0) is 82.9. The molecule has 0 amide bonds. The van der Waals surface area contributed by atoms with Gasteiger partial charge in [-0.3, -0.25) is 0 Å². The number of nitrogens with zero attached hydrogens (tertiary/aromatic N) is 10. The summed E-state index contributed by atoms with van der Waals surface area (Å²) in [4.78, 5) is 14.7. The van der Waals surface area contributed by atoms with Gasteiger partial charge in [0.05, 0.1) is 0 Å². The normalized spacial score (nSPS) is 12.1. The first-order valence-corrected chi connectivity index (χ1v) is 40.6. The second-order valence-corrected chi connectivity index (χ2v) is 32.0. The standard InChI is InChI=1S/C56H48N5.C51H46N5.2Pt/c1-37(2)46-24-16-25-47(38(3)4)55(46)41-31-32-57-54(33-41)61-50-26-11-10-23-48(50)49-30-29-45(35-53(49)61)60(56-39(5)17-14-18-40(56)6)44-22-15-21-43(34-44)59-36-58(42-19-8-7-9-20-42)51-27-12-13-28-52(51)59;1-33(2)41-20-14-21-42(34(3)4)50(41)37-27-28-52-49(29-37)56-45-22-9-8-19-43(45)44-26-25-40(31-48(44)56)55(51-35(5)15-12-16-36(51)6)39-18-13-17-38(30-39)54-32-53(7)46-23-10-11-24-47(46)54;;/h7-33,36-38H,1-6H3;8-29,32-34H,1-7H3;;/q2*-1;;/i;7D3;;. The molecule has 13 aromatic carbocycles. The van der Waals surface area contributed by atoms with E-state index in [1.807, 2.05) is 53.4 Å². The number of para-hydroxylation sites is 9. The van der Waals surface area contributed by atoms with Gasteiger partial charge in [-0.1, -0.05) is 241 Å². The van der Waals surface area contributed by atoms with Crippen LogP contribution in [0.5, 0.6) is 0 Å². The molecule has 0 saturated heterocycles. The first-order chi connectivity index (χ1) is 58.2. The van der Waals surface area contributed by atoms with Crippen LogP contribution in [0.2, 0.25) is 0 Å². The van der Waals surface area contributed by atoms with Crippen LogP contribution in [-0.2, 0) is 49.1 Å². The molecule has 594 valence electrons. The molecule has 19 aromatic rings. The quantitative estimate of drug-likeness (QED) is 0.0853. The summed E-state index contributed by atoms with van der Waals surface area (Å²) in [5.41, 5.74) is 30.8. The van der Waals surface area contributed by atoms with Crippen LogP contribution in [0.3, 0.4) is 0 Å². The second-order valence-electron chi connectivity index (χ2n) is 32.0. The molecular formula is C107H94N10Pt2-2. The topological polar surface area (TPSA) is 61.8 Å². The summed E-state index contributed by atoms with van der Waals surface area (Å²) in [6.45, 7) is 24.5. The Kier molecular flexibility index (Phi) is 21.6. The van der Waals surface area contributed by atoms with Gasteiger partial charge in [-0.2, -0.15) is 28.8 Å². The number of fused-ring (bicyclic) bond motifs is 8. The van der Waals surface area contributed by atoms with Gasteiger partial charge in [0, 0.05) is 124 Å². The Hall–Kier alpha value is -12.3. The third-order valence-corrected chi connectivity index (χ3v) is 23.0. The molecule has 119 heavy (non-hydrogen) atoms. The fourth-order valence-electron chi connectivity index (χ4n) is 17.6. The molecule has 0 bridgehead atoms. The van der Waals surface area contributed by atoms with Crippen molar-refractivity contribution < 1.29 is 46.2 Å². The Morgan fingerprint density at radius 2 is 0.681 bits per heavy atom. The number of rotatable bonds is 17. The van der Waals surface area contributed by atoms with E-state index < -0.39 is 6.98 Å².